The molecule has 0 aliphatic heterocycles. The molecule has 5 nitrogen and oxygen atoms in total. The zero-order chi connectivity index (χ0) is 18.6. The van der Waals surface area contributed by atoms with Gasteiger partial charge in [0.2, 0.25) is 0 Å². The number of aliphatic hydroxyl groups excluding tert-OH is 2. The van der Waals surface area contributed by atoms with E-state index in [0.717, 1.165) is 5.57 Å². The summed E-state index contributed by atoms with van der Waals surface area (Å²) in [5.41, 5.74) is -2.79. The molecule has 0 radical (unpaired) electrons. The highest BCUT2D eigenvalue weighted by Gasteiger charge is 2.70. The van der Waals surface area contributed by atoms with Crippen molar-refractivity contribution >= 4 is 0 Å². The summed E-state index contributed by atoms with van der Waals surface area (Å²) in [7, 11) is 0. The van der Waals surface area contributed by atoms with E-state index < -0.39 is 39.8 Å². The Hall–Kier alpha value is -0.460. The molecule has 0 aromatic carbocycles. The van der Waals surface area contributed by atoms with E-state index >= 15 is 0 Å². The zero-order valence-corrected chi connectivity index (χ0v) is 15.7. The molecule has 4 aliphatic rings. The first-order valence-corrected chi connectivity index (χ1v) is 9.54. The fraction of sp³-hybridized carbons (Fsp3) is 0.900. The Bertz CT molecular complexity index is 648. The Kier molecular flexibility index (Phi) is 3.36. The van der Waals surface area contributed by atoms with Crippen LogP contribution in [-0.4, -0.2) is 54.5 Å². The Morgan fingerprint density at radius 1 is 0.960 bits per heavy atom. The summed E-state index contributed by atoms with van der Waals surface area (Å²) < 4.78 is 0. The minimum absolute atomic E-state index is 0.293. The van der Waals surface area contributed by atoms with E-state index in [0.29, 0.717) is 38.5 Å². The number of rotatable bonds is 0. The summed E-state index contributed by atoms with van der Waals surface area (Å²) >= 11 is 0. The third kappa shape index (κ3) is 1.86. The van der Waals surface area contributed by atoms with Gasteiger partial charge in [-0.1, -0.05) is 25.0 Å². The van der Waals surface area contributed by atoms with Crippen molar-refractivity contribution in [1.82, 2.24) is 0 Å². The van der Waals surface area contributed by atoms with E-state index in [2.05, 4.69) is 0 Å². The second-order valence-electron chi connectivity index (χ2n) is 10.2. The van der Waals surface area contributed by atoms with Gasteiger partial charge in [0.25, 0.3) is 0 Å². The van der Waals surface area contributed by atoms with Crippen molar-refractivity contribution in [1.29, 1.82) is 0 Å². The Morgan fingerprint density at radius 2 is 1.60 bits per heavy atom. The van der Waals surface area contributed by atoms with Crippen LogP contribution in [0.4, 0.5) is 0 Å². The highest BCUT2D eigenvalue weighted by atomic mass is 16.4. The SMILES string of the molecule is CC1=C2CC[C@]3(O)C[C@@]2(C[C@@H](O)[C@@]2(O)[C@H]1C[C@H](O)C2(C)C)C[C@@]3(C)O. The molecular weight excluding hydrogens is 320 g/mol. The fourth-order valence-electron chi connectivity index (χ4n) is 7.01. The van der Waals surface area contributed by atoms with Gasteiger partial charge in [0.15, 0.2) is 0 Å². The lowest BCUT2D eigenvalue weighted by Crippen LogP contribution is -2.57. The van der Waals surface area contributed by atoms with Crippen molar-refractivity contribution in [3.63, 3.8) is 0 Å². The molecular formula is C20H32O5. The fourth-order valence-corrected chi connectivity index (χ4v) is 7.01. The van der Waals surface area contributed by atoms with E-state index in [1.165, 1.54) is 5.57 Å². The molecule has 4 rings (SSSR count). The highest BCUT2D eigenvalue weighted by molar-refractivity contribution is 5.39. The van der Waals surface area contributed by atoms with Gasteiger partial charge in [-0.25, -0.2) is 0 Å². The number of fused-ring (bicyclic) bond motifs is 2. The molecule has 3 saturated carbocycles. The van der Waals surface area contributed by atoms with Crippen LogP contribution in [0, 0.1) is 16.7 Å². The third-order valence-electron chi connectivity index (χ3n) is 8.69. The average Bonchev–Trinajstić information content (AvgIpc) is 2.73. The second-order valence-corrected chi connectivity index (χ2v) is 10.2. The lowest BCUT2D eigenvalue weighted by atomic mass is 9.65. The van der Waals surface area contributed by atoms with Crippen LogP contribution in [0.2, 0.25) is 0 Å². The number of hydrogen-bond donors (Lipinski definition) is 5. The maximum atomic E-state index is 11.6. The number of allylic oxidation sites excluding steroid dienone is 1. The van der Waals surface area contributed by atoms with Crippen LogP contribution in [0.15, 0.2) is 11.1 Å². The van der Waals surface area contributed by atoms with Gasteiger partial charge in [0.1, 0.15) is 5.60 Å². The van der Waals surface area contributed by atoms with Gasteiger partial charge in [-0.2, -0.15) is 0 Å². The molecule has 4 aliphatic carbocycles. The lowest BCUT2D eigenvalue weighted by molar-refractivity contribution is -0.170. The van der Waals surface area contributed by atoms with Crippen molar-refractivity contribution in [2.75, 3.05) is 0 Å². The van der Waals surface area contributed by atoms with Gasteiger partial charge in [0, 0.05) is 11.3 Å². The molecule has 5 heteroatoms. The summed E-state index contributed by atoms with van der Waals surface area (Å²) in [6, 6.07) is 0. The topological polar surface area (TPSA) is 101 Å². The smallest absolute Gasteiger partial charge is 0.105 e. The van der Waals surface area contributed by atoms with E-state index in [1.54, 1.807) is 6.92 Å². The summed E-state index contributed by atoms with van der Waals surface area (Å²) in [6.45, 7) is 7.36. The maximum absolute atomic E-state index is 11.6. The van der Waals surface area contributed by atoms with Crippen molar-refractivity contribution in [3.05, 3.63) is 11.1 Å². The van der Waals surface area contributed by atoms with Crippen LogP contribution in [0.1, 0.15) is 66.2 Å². The van der Waals surface area contributed by atoms with E-state index in [4.69, 9.17) is 0 Å². The van der Waals surface area contributed by atoms with E-state index in [1.807, 2.05) is 20.8 Å². The van der Waals surface area contributed by atoms with Crippen molar-refractivity contribution < 1.29 is 25.5 Å². The van der Waals surface area contributed by atoms with Crippen LogP contribution >= 0.6 is 0 Å². The Balaban J connectivity index is 1.89. The lowest BCUT2D eigenvalue weighted by Gasteiger charge is -2.45. The zero-order valence-electron chi connectivity index (χ0n) is 15.7. The molecule has 3 fully saturated rings. The van der Waals surface area contributed by atoms with Gasteiger partial charge >= 0.3 is 0 Å². The van der Waals surface area contributed by atoms with Crippen molar-refractivity contribution in [3.8, 4) is 0 Å². The van der Waals surface area contributed by atoms with Crippen LogP contribution in [0.5, 0.6) is 0 Å². The molecule has 0 unspecified atom stereocenters. The average molecular weight is 352 g/mol. The molecule has 25 heavy (non-hydrogen) atoms. The largest absolute Gasteiger partial charge is 0.392 e. The summed E-state index contributed by atoms with van der Waals surface area (Å²) in [5.74, 6) is -0.293. The molecule has 0 saturated heterocycles. The normalized spacial score (nSPS) is 57.2. The number of aliphatic hydroxyl groups is 5. The van der Waals surface area contributed by atoms with Gasteiger partial charge in [-0.15, -0.1) is 0 Å². The standard InChI is InChI=1S/C20H32O5/c1-11-12-5-6-19(24)10-18(12,9-17(19,4)23)8-15(22)20(25)13(11)7-14(21)16(20,2)3/h13-15,21-25H,5-10H2,1-4H3/t13-,14-,15+,17+,18+,19-,20-/m0/s1. The molecule has 5 N–H and O–H groups in total. The molecule has 1 spiro atoms. The molecule has 0 amide bonds. The minimum Gasteiger partial charge on any atom is -0.392 e. The Labute approximate surface area is 149 Å². The van der Waals surface area contributed by atoms with Gasteiger partial charge in [0.05, 0.1) is 23.4 Å². The predicted molar refractivity (Wildman–Crippen MR) is 92.6 cm³/mol. The molecule has 2 bridgehead atoms. The molecule has 7 atom stereocenters. The van der Waals surface area contributed by atoms with Crippen molar-refractivity contribution in [2.24, 2.45) is 16.7 Å². The maximum Gasteiger partial charge on any atom is 0.105 e. The van der Waals surface area contributed by atoms with Gasteiger partial charge in [-0.3, -0.25) is 0 Å². The first-order chi connectivity index (χ1) is 11.3. The highest BCUT2D eigenvalue weighted by Crippen LogP contribution is 2.68. The minimum atomic E-state index is -1.40. The van der Waals surface area contributed by atoms with E-state index in [9.17, 15) is 25.5 Å². The van der Waals surface area contributed by atoms with Gasteiger partial charge in [-0.05, 0) is 57.8 Å². The van der Waals surface area contributed by atoms with Crippen LogP contribution in [0.25, 0.3) is 0 Å². The summed E-state index contributed by atoms with van der Waals surface area (Å²) in [5, 5.41) is 55.2. The summed E-state index contributed by atoms with van der Waals surface area (Å²) in [6.07, 6.45) is 1.10. The molecule has 142 valence electrons. The number of hydrogen-bond acceptors (Lipinski definition) is 5. The first-order valence-electron chi connectivity index (χ1n) is 9.54. The molecule has 0 heterocycles. The van der Waals surface area contributed by atoms with E-state index in [-0.39, 0.29) is 5.92 Å². The van der Waals surface area contributed by atoms with Crippen LogP contribution in [0.3, 0.4) is 0 Å². The monoisotopic (exact) mass is 352 g/mol. The Morgan fingerprint density at radius 3 is 2.24 bits per heavy atom. The molecule has 0 aromatic rings. The quantitative estimate of drug-likeness (QED) is 0.423. The third-order valence-corrected chi connectivity index (χ3v) is 8.69. The molecule has 0 aromatic heterocycles. The van der Waals surface area contributed by atoms with Crippen LogP contribution < -0.4 is 0 Å². The van der Waals surface area contributed by atoms with Gasteiger partial charge < -0.3 is 25.5 Å². The summed E-state index contributed by atoms with van der Waals surface area (Å²) in [4.78, 5) is 0. The first kappa shape index (κ1) is 17.9. The van der Waals surface area contributed by atoms with Crippen LogP contribution in [-0.2, 0) is 0 Å². The predicted octanol–water partition coefficient (Wildman–Crippen LogP) is 1.26. The van der Waals surface area contributed by atoms with Crippen molar-refractivity contribution in [2.45, 2.75) is 95.2 Å². The second kappa shape index (κ2) is 4.68.